The molecule has 0 unspecified atom stereocenters. The molecule has 76 valence electrons. The molecule has 0 bridgehead atoms. The molecule has 0 aliphatic heterocycles. The summed E-state index contributed by atoms with van der Waals surface area (Å²) in [5.74, 6) is 0. The highest BCUT2D eigenvalue weighted by Gasteiger charge is 1.99. The molecule has 0 radical (unpaired) electrons. The van der Waals surface area contributed by atoms with E-state index in [4.69, 9.17) is 11.6 Å². The van der Waals surface area contributed by atoms with E-state index in [1.165, 1.54) is 5.56 Å². The van der Waals surface area contributed by atoms with Gasteiger partial charge in [-0.25, -0.2) is 0 Å². The first-order valence-corrected chi connectivity index (χ1v) is 5.55. The van der Waals surface area contributed by atoms with E-state index < -0.39 is 0 Å². The molecule has 1 N–H and O–H groups in total. The van der Waals surface area contributed by atoms with Gasteiger partial charge < -0.3 is 5.32 Å². The molecule has 0 aliphatic carbocycles. The van der Waals surface area contributed by atoms with Gasteiger partial charge in [0.05, 0.1) is 0 Å². The predicted molar refractivity (Wildman–Crippen MR) is 65.7 cm³/mol. The normalized spacial score (nSPS) is 10.2. The largest absolute Gasteiger partial charge is 0.309 e. The number of hydrogen-bond donors (Lipinski definition) is 1. The molecule has 0 fully saturated rings. The number of rotatable bonds is 4. The second-order valence-electron chi connectivity index (χ2n) is 3.30. The van der Waals surface area contributed by atoms with Gasteiger partial charge in [0.1, 0.15) is 0 Å². The smallest absolute Gasteiger partial charge is 0.0410 e. The molecule has 0 saturated heterocycles. The Morgan fingerprint density at radius 1 is 1.57 bits per heavy atom. The Labute approximate surface area is 98.3 Å². The molecule has 0 amide bonds. The standard InChI is InChI=1S/C11H13BrClN/c1-8(2)6-14-7-9-5-10(13)3-4-11(9)12/h3-5,14H,1,6-7H2,2H3. The van der Waals surface area contributed by atoms with E-state index in [1.54, 1.807) is 0 Å². The first-order chi connectivity index (χ1) is 6.59. The van der Waals surface area contributed by atoms with Crippen LogP contribution >= 0.6 is 27.5 Å². The highest BCUT2D eigenvalue weighted by molar-refractivity contribution is 9.10. The van der Waals surface area contributed by atoms with Crippen LogP contribution in [-0.4, -0.2) is 6.54 Å². The minimum atomic E-state index is 0.764. The molecule has 1 aromatic rings. The maximum absolute atomic E-state index is 5.89. The average molecular weight is 275 g/mol. The highest BCUT2D eigenvalue weighted by atomic mass is 79.9. The van der Waals surface area contributed by atoms with Crippen molar-refractivity contribution in [2.75, 3.05) is 6.54 Å². The second-order valence-corrected chi connectivity index (χ2v) is 4.59. The van der Waals surface area contributed by atoms with Gasteiger partial charge >= 0.3 is 0 Å². The van der Waals surface area contributed by atoms with E-state index in [1.807, 2.05) is 25.1 Å². The zero-order valence-corrected chi connectivity index (χ0v) is 10.5. The molecule has 0 spiro atoms. The predicted octanol–water partition coefficient (Wildman–Crippen LogP) is 3.77. The minimum Gasteiger partial charge on any atom is -0.309 e. The molecule has 0 aromatic heterocycles. The summed E-state index contributed by atoms with van der Waals surface area (Å²) < 4.78 is 1.08. The summed E-state index contributed by atoms with van der Waals surface area (Å²) in [6.07, 6.45) is 0. The zero-order chi connectivity index (χ0) is 10.6. The number of hydrogen-bond acceptors (Lipinski definition) is 1. The van der Waals surface area contributed by atoms with Crippen LogP contribution in [-0.2, 0) is 6.54 Å². The molecule has 0 saturated carbocycles. The van der Waals surface area contributed by atoms with Gasteiger partial charge in [-0.05, 0) is 30.7 Å². The van der Waals surface area contributed by atoms with Crippen molar-refractivity contribution < 1.29 is 0 Å². The van der Waals surface area contributed by atoms with Crippen molar-refractivity contribution in [1.82, 2.24) is 5.32 Å². The van der Waals surface area contributed by atoms with E-state index >= 15 is 0 Å². The maximum atomic E-state index is 5.89. The maximum Gasteiger partial charge on any atom is 0.0410 e. The molecule has 1 nitrogen and oxygen atoms in total. The number of benzene rings is 1. The molecule has 0 atom stereocenters. The number of nitrogens with one attached hydrogen (secondary N) is 1. The molecule has 0 aliphatic rings. The zero-order valence-electron chi connectivity index (χ0n) is 8.11. The third kappa shape index (κ3) is 3.82. The first-order valence-electron chi connectivity index (χ1n) is 4.38. The lowest BCUT2D eigenvalue weighted by atomic mass is 10.2. The third-order valence-corrected chi connectivity index (χ3v) is 2.76. The van der Waals surface area contributed by atoms with Gasteiger partial charge in [0.15, 0.2) is 0 Å². The van der Waals surface area contributed by atoms with E-state index in [-0.39, 0.29) is 0 Å². The van der Waals surface area contributed by atoms with Crippen LogP contribution in [0.15, 0.2) is 34.8 Å². The van der Waals surface area contributed by atoms with Crippen LogP contribution in [0.1, 0.15) is 12.5 Å². The summed E-state index contributed by atoms with van der Waals surface area (Å²) in [5.41, 5.74) is 2.29. The van der Waals surface area contributed by atoms with Crippen molar-refractivity contribution in [3.63, 3.8) is 0 Å². The Kier molecular flexibility index (Phi) is 4.66. The SMILES string of the molecule is C=C(C)CNCc1cc(Cl)ccc1Br. The topological polar surface area (TPSA) is 12.0 Å². The van der Waals surface area contributed by atoms with Crippen molar-refractivity contribution in [2.24, 2.45) is 0 Å². The molecular weight excluding hydrogens is 261 g/mol. The summed E-state index contributed by atoms with van der Waals surface area (Å²) in [6, 6.07) is 5.78. The Hall–Kier alpha value is -0.310. The Morgan fingerprint density at radius 3 is 2.93 bits per heavy atom. The van der Waals surface area contributed by atoms with Gasteiger partial charge in [-0.1, -0.05) is 39.7 Å². The van der Waals surface area contributed by atoms with Gasteiger partial charge in [0.25, 0.3) is 0 Å². The van der Waals surface area contributed by atoms with Gasteiger partial charge in [0.2, 0.25) is 0 Å². The van der Waals surface area contributed by atoms with Crippen LogP contribution in [0.4, 0.5) is 0 Å². The van der Waals surface area contributed by atoms with E-state index in [0.29, 0.717) is 0 Å². The Bertz CT molecular complexity index is 336. The Morgan fingerprint density at radius 2 is 2.29 bits per heavy atom. The highest BCUT2D eigenvalue weighted by Crippen LogP contribution is 2.20. The van der Waals surface area contributed by atoms with E-state index in [2.05, 4.69) is 27.8 Å². The molecule has 14 heavy (non-hydrogen) atoms. The lowest BCUT2D eigenvalue weighted by molar-refractivity contribution is 0.739. The monoisotopic (exact) mass is 273 g/mol. The number of halogens is 2. The fourth-order valence-corrected chi connectivity index (χ4v) is 1.67. The average Bonchev–Trinajstić information content (AvgIpc) is 2.10. The fourth-order valence-electron chi connectivity index (χ4n) is 1.09. The van der Waals surface area contributed by atoms with Crippen LogP contribution in [0.3, 0.4) is 0 Å². The summed E-state index contributed by atoms with van der Waals surface area (Å²) >= 11 is 9.37. The lowest BCUT2D eigenvalue weighted by Gasteiger charge is -2.06. The molecule has 1 aromatic carbocycles. The van der Waals surface area contributed by atoms with Crippen molar-refractivity contribution in [3.05, 3.63) is 45.4 Å². The van der Waals surface area contributed by atoms with Gasteiger partial charge in [0, 0.05) is 22.6 Å². The molecule has 3 heteroatoms. The minimum absolute atomic E-state index is 0.764. The third-order valence-electron chi connectivity index (χ3n) is 1.75. The van der Waals surface area contributed by atoms with Crippen LogP contribution in [0.25, 0.3) is 0 Å². The summed E-state index contributed by atoms with van der Waals surface area (Å²) in [5, 5.41) is 4.05. The van der Waals surface area contributed by atoms with Crippen LogP contribution in [0.2, 0.25) is 5.02 Å². The van der Waals surface area contributed by atoms with E-state index in [9.17, 15) is 0 Å². The van der Waals surface area contributed by atoms with Gasteiger partial charge in [-0.3, -0.25) is 0 Å². The van der Waals surface area contributed by atoms with Crippen molar-refractivity contribution >= 4 is 27.5 Å². The van der Waals surface area contributed by atoms with Crippen molar-refractivity contribution in [2.45, 2.75) is 13.5 Å². The molecule has 0 heterocycles. The van der Waals surface area contributed by atoms with Gasteiger partial charge in [-0.15, -0.1) is 0 Å². The quantitative estimate of drug-likeness (QED) is 0.824. The van der Waals surface area contributed by atoms with E-state index in [0.717, 1.165) is 28.2 Å². The van der Waals surface area contributed by atoms with Crippen LogP contribution in [0.5, 0.6) is 0 Å². The summed E-state index contributed by atoms with van der Waals surface area (Å²) in [6.45, 7) is 7.46. The summed E-state index contributed by atoms with van der Waals surface area (Å²) in [4.78, 5) is 0. The first kappa shape index (κ1) is 11.8. The lowest BCUT2D eigenvalue weighted by Crippen LogP contribution is -2.15. The van der Waals surface area contributed by atoms with Crippen LogP contribution < -0.4 is 5.32 Å². The second kappa shape index (κ2) is 5.54. The van der Waals surface area contributed by atoms with Crippen molar-refractivity contribution in [1.29, 1.82) is 0 Å². The van der Waals surface area contributed by atoms with Crippen molar-refractivity contribution in [3.8, 4) is 0 Å². The molecule has 1 rings (SSSR count). The summed E-state index contributed by atoms with van der Waals surface area (Å²) in [7, 11) is 0. The fraction of sp³-hybridized carbons (Fsp3) is 0.273. The molecular formula is C11H13BrClN. The Balaban J connectivity index is 2.57. The van der Waals surface area contributed by atoms with Gasteiger partial charge in [-0.2, -0.15) is 0 Å². The van der Waals surface area contributed by atoms with Crippen LogP contribution in [0, 0.1) is 0 Å².